The van der Waals surface area contributed by atoms with Gasteiger partial charge in [0.25, 0.3) is 0 Å². The molecule has 1 saturated carbocycles. The monoisotopic (exact) mass is 468 g/mol. The van der Waals surface area contributed by atoms with Crippen molar-refractivity contribution in [1.82, 2.24) is 4.98 Å². The van der Waals surface area contributed by atoms with Crippen molar-refractivity contribution in [3.63, 3.8) is 0 Å². The molecule has 1 aromatic heterocycles. The van der Waals surface area contributed by atoms with Gasteiger partial charge in [-0.2, -0.15) is 5.10 Å². The molecule has 0 saturated heterocycles. The molecule has 0 radical (unpaired) electrons. The summed E-state index contributed by atoms with van der Waals surface area (Å²) in [5.41, 5.74) is 9.51. The van der Waals surface area contributed by atoms with Gasteiger partial charge in [0.1, 0.15) is 37.1 Å². The van der Waals surface area contributed by atoms with Crippen LogP contribution in [0.25, 0.3) is 10.9 Å². The molecule has 0 bridgehead atoms. The zero-order chi connectivity index (χ0) is 24.0. The molecule has 0 spiro atoms. The number of nitrogens with two attached hydrogens (primary N) is 2. The Hall–Kier alpha value is -4.10. The molecule has 3 aromatic carbocycles. The topological polar surface area (TPSA) is 105 Å². The lowest BCUT2D eigenvalue weighted by Gasteiger charge is -2.11. The molecule has 0 aliphatic heterocycles. The Morgan fingerprint density at radius 1 is 0.829 bits per heavy atom. The number of pyridine rings is 1. The first-order valence-corrected chi connectivity index (χ1v) is 11.6. The second-order valence-electron chi connectivity index (χ2n) is 8.61. The van der Waals surface area contributed by atoms with E-state index in [0.29, 0.717) is 19.8 Å². The van der Waals surface area contributed by atoms with Crippen LogP contribution in [-0.2, 0) is 13.2 Å². The van der Waals surface area contributed by atoms with Crippen molar-refractivity contribution in [2.75, 3.05) is 6.61 Å². The van der Waals surface area contributed by atoms with Crippen LogP contribution in [-0.4, -0.2) is 23.3 Å². The summed E-state index contributed by atoms with van der Waals surface area (Å²) < 4.78 is 17.8. The molecule has 2 atom stereocenters. The highest BCUT2D eigenvalue weighted by molar-refractivity contribution is 5.91. The minimum Gasteiger partial charge on any atom is -0.489 e. The van der Waals surface area contributed by atoms with Crippen LogP contribution in [0.5, 0.6) is 17.2 Å². The number of hydrogen-bond donors (Lipinski definition) is 2. The van der Waals surface area contributed by atoms with E-state index in [4.69, 9.17) is 25.8 Å². The quantitative estimate of drug-likeness (QED) is 0.203. The molecule has 1 aliphatic carbocycles. The standard InChI is InChI=1S/C28H28N4O3/c29-26-15-25(26)28(32-30)18-35-22-7-3-5-19(13-22)16-33-23-8-4-9-24(14-23)34-17-21-12-11-20-6-1-2-10-27(20)31-21/h1-14,25-26H,15-18,29-30H2/b32-28-/t25-,26?/m0/s1. The smallest absolute Gasteiger partial charge is 0.130 e. The van der Waals surface area contributed by atoms with E-state index in [9.17, 15) is 0 Å². The highest BCUT2D eigenvalue weighted by atomic mass is 16.5. The average Bonchev–Trinajstić information content (AvgIpc) is 3.63. The lowest BCUT2D eigenvalue weighted by atomic mass is 10.2. The number of para-hydroxylation sites is 1. The van der Waals surface area contributed by atoms with Gasteiger partial charge in [-0.15, -0.1) is 0 Å². The summed E-state index contributed by atoms with van der Waals surface area (Å²) in [5, 5.41) is 4.95. The van der Waals surface area contributed by atoms with Crippen molar-refractivity contribution in [3.05, 3.63) is 96.2 Å². The summed E-state index contributed by atoms with van der Waals surface area (Å²) in [6, 6.07) is 27.6. The van der Waals surface area contributed by atoms with Gasteiger partial charge in [-0.3, -0.25) is 0 Å². The van der Waals surface area contributed by atoms with Gasteiger partial charge in [-0.25, -0.2) is 4.98 Å². The van der Waals surface area contributed by atoms with Crippen molar-refractivity contribution >= 4 is 16.6 Å². The number of ether oxygens (including phenoxy) is 3. The minimum absolute atomic E-state index is 0.143. The van der Waals surface area contributed by atoms with E-state index in [2.05, 4.69) is 16.2 Å². The Labute approximate surface area is 204 Å². The zero-order valence-corrected chi connectivity index (χ0v) is 19.3. The van der Waals surface area contributed by atoms with Crippen LogP contribution in [0.2, 0.25) is 0 Å². The molecule has 1 unspecified atom stereocenters. The van der Waals surface area contributed by atoms with Gasteiger partial charge in [0.2, 0.25) is 0 Å². The second-order valence-corrected chi connectivity index (χ2v) is 8.61. The van der Waals surface area contributed by atoms with Gasteiger partial charge in [0, 0.05) is 23.4 Å². The van der Waals surface area contributed by atoms with Gasteiger partial charge in [0.05, 0.1) is 16.9 Å². The van der Waals surface area contributed by atoms with Crippen molar-refractivity contribution in [3.8, 4) is 17.2 Å². The molecule has 4 N–H and O–H groups in total. The molecule has 4 aromatic rings. The summed E-state index contributed by atoms with van der Waals surface area (Å²) in [7, 11) is 0. The average molecular weight is 469 g/mol. The fourth-order valence-electron chi connectivity index (χ4n) is 3.89. The van der Waals surface area contributed by atoms with Crippen LogP contribution < -0.4 is 25.8 Å². The van der Waals surface area contributed by atoms with Gasteiger partial charge in [0.15, 0.2) is 0 Å². The number of hydrogen-bond acceptors (Lipinski definition) is 7. The van der Waals surface area contributed by atoms with Crippen LogP contribution in [0.1, 0.15) is 17.7 Å². The van der Waals surface area contributed by atoms with E-state index in [0.717, 1.165) is 51.5 Å². The predicted octanol–water partition coefficient (Wildman–Crippen LogP) is 4.43. The molecule has 5 rings (SSSR count). The fourth-order valence-corrected chi connectivity index (χ4v) is 3.89. The van der Waals surface area contributed by atoms with E-state index < -0.39 is 0 Å². The third-order valence-corrected chi connectivity index (χ3v) is 5.97. The van der Waals surface area contributed by atoms with Gasteiger partial charge >= 0.3 is 0 Å². The maximum absolute atomic E-state index is 6.00. The molecular weight excluding hydrogens is 440 g/mol. The Balaban J connectivity index is 1.15. The minimum atomic E-state index is 0.143. The van der Waals surface area contributed by atoms with Gasteiger partial charge in [-0.05, 0) is 48.4 Å². The molecule has 7 nitrogen and oxygen atoms in total. The van der Waals surface area contributed by atoms with E-state index in [1.54, 1.807) is 0 Å². The number of aromatic nitrogens is 1. The molecule has 1 heterocycles. The number of benzene rings is 3. The van der Waals surface area contributed by atoms with Crippen LogP contribution in [0.3, 0.4) is 0 Å². The molecule has 1 aliphatic rings. The Kier molecular flexibility index (Phi) is 6.77. The number of fused-ring (bicyclic) bond motifs is 1. The number of hydrazone groups is 1. The van der Waals surface area contributed by atoms with E-state index in [-0.39, 0.29) is 12.0 Å². The van der Waals surface area contributed by atoms with Crippen LogP contribution in [0, 0.1) is 5.92 Å². The zero-order valence-electron chi connectivity index (χ0n) is 19.3. The summed E-state index contributed by atoms with van der Waals surface area (Å²) in [6.45, 7) is 1.12. The highest BCUT2D eigenvalue weighted by Gasteiger charge is 2.38. The van der Waals surface area contributed by atoms with Crippen LogP contribution >= 0.6 is 0 Å². The van der Waals surface area contributed by atoms with Gasteiger partial charge in [-0.1, -0.05) is 42.5 Å². The Morgan fingerprint density at radius 3 is 2.31 bits per heavy atom. The lowest BCUT2D eigenvalue weighted by Crippen LogP contribution is -2.19. The lowest BCUT2D eigenvalue weighted by molar-refractivity contribution is 0.287. The molecule has 0 amide bonds. The van der Waals surface area contributed by atoms with Crippen molar-refractivity contribution in [1.29, 1.82) is 0 Å². The highest BCUT2D eigenvalue weighted by Crippen LogP contribution is 2.29. The molecule has 7 heteroatoms. The van der Waals surface area contributed by atoms with Crippen LogP contribution in [0.15, 0.2) is 90.0 Å². The maximum atomic E-state index is 6.00. The summed E-state index contributed by atoms with van der Waals surface area (Å²) in [4.78, 5) is 4.66. The first-order chi connectivity index (χ1) is 17.2. The van der Waals surface area contributed by atoms with E-state index in [1.807, 2.05) is 78.9 Å². The Morgan fingerprint density at radius 2 is 1.54 bits per heavy atom. The third kappa shape index (κ3) is 5.88. The molecule has 178 valence electrons. The SMILES string of the molecule is N/N=C(/COc1cccc(COc2cccc(OCc3ccc4ccccc4n3)c2)c1)[C@H]1CC1N. The first kappa shape index (κ1) is 22.7. The summed E-state index contributed by atoms with van der Waals surface area (Å²) >= 11 is 0. The van der Waals surface area contributed by atoms with Crippen molar-refractivity contribution in [2.45, 2.75) is 25.7 Å². The van der Waals surface area contributed by atoms with Crippen LogP contribution in [0.4, 0.5) is 0 Å². The summed E-state index contributed by atoms with van der Waals surface area (Å²) in [6.07, 6.45) is 0.912. The maximum Gasteiger partial charge on any atom is 0.130 e. The van der Waals surface area contributed by atoms with Gasteiger partial charge < -0.3 is 25.8 Å². The normalized spacial score (nSPS) is 17.2. The summed E-state index contributed by atoms with van der Waals surface area (Å²) in [5.74, 6) is 7.91. The van der Waals surface area contributed by atoms with Crippen molar-refractivity contribution in [2.24, 2.45) is 22.6 Å². The molecular formula is C28H28N4O3. The van der Waals surface area contributed by atoms with Crippen molar-refractivity contribution < 1.29 is 14.2 Å². The largest absolute Gasteiger partial charge is 0.489 e. The number of nitrogens with zero attached hydrogens (tertiary/aromatic N) is 2. The Bertz CT molecular complexity index is 1340. The third-order valence-electron chi connectivity index (χ3n) is 5.97. The molecule has 35 heavy (non-hydrogen) atoms. The molecule has 1 fully saturated rings. The van der Waals surface area contributed by atoms with E-state index in [1.165, 1.54) is 0 Å². The fraction of sp³-hybridized carbons (Fsp3) is 0.214. The second kappa shape index (κ2) is 10.4. The van der Waals surface area contributed by atoms with E-state index >= 15 is 0 Å². The first-order valence-electron chi connectivity index (χ1n) is 11.6. The number of rotatable bonds is 10. The predicted molar refractivity (Wildman–Crippen MR) is 136 cm³/mol.